The van der Waals surface area contributed by atoms with Gasteiger partial charge in [-0.3, -0.25) is 5.32 Å². The fourth-order valence-corrected chi connectivity index (χ4v) is 2.84. The van der Waals surface area contributed by atoms with E-state index in [1.54, 1.807) is 0 Å². The SMILES string of the molecule is Cc1ccccc1C1(C(=O)OC(C)(C)C)CCCCN1. The van der Waals surface area contributed by atoms with Gasteiger partial charge >= 0.3 is 5.97 Å². The first kappa shape index (κ1) is 15.0. The van der Waals surface area contributed by atoms with E-state index in [9.17, 15) is 4.79 Å². The summed E-state index contributed by atoms with van der Waals surface area (Å²) in [4.78, 5) is 12.8. The Morgan fingerprint density at radius 2 is 1.95 bits per heavy atom. The maximum atomic E-state index is 12.8. The van der Waals surface area contributed by atoms with Gasteiger partial charge in [-0.1, -0.05) is 24.3 Å². The summed E-state index contributed by atoms with van der Waals surface area (Å²) in [6.07, 6.45) is 2.95. The molecule has 20 heavy (non-hydrogen) atoms. The second kappa shape index (κ2) is 5.57. The highest BCUT2D eigenvalue weighted by molar-refractivity contribution is 5.83. The van der Waals surface area contributed by atoms with Crippen LogP contribution < -0.4 is 5.32 Å². The molecule has 0 saturated carbocycles. The Morgan fingerprint density at radius 1 is 1.25 bits per heavy atom. The van der Waals surface area contributed by atoms with Gasteiger partial charge in [0.25, 0.3) is 0 Å². The third-order valence-electron chi connectivity index (χ3n) is 3.76. The van der Waals surface area contributed by atoms with Crippen molar-refractivity contribution in [3.63, 3.8) is 0 Å². The second-order valence-electron chi connectivity index (χ2n) is 6.61. The van der Waals surface area contributed by atoms with Crippen molar-refractivity contribution in [2.24, 2.45) is 0 Å². The summed E-state index contributed by atoms with van der Waals surface area (Å²) in [5.41, 5.74) is 1.03. The fourth-order valence-electron chi connectivity index (χ4n) is 2.84. The smallest absolute Gasteiger partial charge is 0.331 e. The van der Waals surface area contributed by atoms with E-state index in [-0.39, 0.29) is 5.97 Å². The molecule has 0 aromatic heterocycles. The van der Waals surface area contributed by atoms with Crippen LogP contribution >= 0.6 is 0 Å². The van der Waals surface area contributed by atoms with Crippen molar-refractivity contribution in [1.29, 1.82) is 0 Å². The Balaban J connectivity index is 2.41. The number of nitrogens with one attached hydrogen (secondary N) is 1. The first-order valence-electron chi connectivity index (χ1n) is 7.40. The van der Waals surface area contributed by atoms with E-state index in [1.165, 1.54) is 0 Å². The van der Waals surface area contributed by atoms with Crippen LogP contribution in [0.4, 0.5) is 0 Å². The Kier molecular flexibility index (Phi) is 4.19. The molecule has 0 spiro atoms. The summed E-state index contributed by atoms with van der Waals surface area (Å²) in [7, 11) is 0. The topological polar surface area (TPSA) is 38.3 Å². The number of hydrogen-bond acceptors (Lipinski definition) is 3. The van der Waals surface area contributed by atoms with Crippen molar-refractivity contribution in [1.82, 2.24) is 5.32 Å². The minimum Gasteiger partial charge on any atom is -0.458 e. The highest BCUT2D eigenvalue weighted by Gasteiger charge is 2.44. The molecule has 2 rings (SSSR count). The highest BCUT2D eigenvalue weighted by atomic mass is 16.6. The summed E-state index contributed by atoms with van der Waals surface area (Å²) < 4.78 is 5.69. The summed E-state index contributed by atoms with van der Waals surface area (Å²) in [6.45, 7) is 8.66. The molecule has 1 N–H and O–H groups in total. The zero-order valence-electron chi connectivity index (χ0n) is 13.0. The van der Waals surface area contributed by atoms with Crippen LogP contribution in [0.2, 0.25) is 0 Å². The number of rotatable bonds is 2. The number of piperidine rings is 1. The molecule has 1 aliphatic heterocycles. The molecule has 0 radical (unpaired) electrons. The molecule has 0 amide bonds. The first-order chi connectivity index (χ1) is 9.35. The van der Waals surface area contributed by atoms with E-state index in [1.807, 2.05) is 39.0 Å². The number of hydrogen-bond donors (Lipinski definition) is 1. The van der Waals surface area contributed by atoms with Gasteiger partial charge in [0.15, 0.2) is 0 Å². The van der Waals surface area contributed by atoms with Crippen molar-refractivity contribution in [2.45, 2.75) is 58.1 Å². The monoisotopic (exact) mass is 275 g/mol. The van der Waals surface area contributed by atoms with E-state index < -0.39 is 11.1 Å². The lowest BCUT2D eigenvalue weighted by atomic mass is 9.80. The zero-order valence-corrected chi connectivity index (χ0v) is 13.0. The molecule has 3 heteroatoms. The lowest BCUT2D eigenvalue weighted by Crippen LogP contribution is -2.54. The maximum absolute atomic E-state index is 12.8. The van der Waals surface area contributed by atoms with E-state index in [0.717, 1.165) is 36.9 Å². The van der Waals surface area contributed by atoms with E-state index in [0.29, 0.717) is 0 Å². The second-order valence-corrected chi connectivity index (χ2v) is 6.61. The number of benzene rings is 1. The van der Waals surface area contributed by atoms with Gasteiger partial charge in [-0.2, -0.15) is 0 Å². The number of esters is 1. The minimum atomic E-state index is -0.684. The van der Waals surface area contributed by atoms with Gasteiger partial charge in [-0.25, -0.2) is 4.79 Å². The van der Waals surface area contributed by atoms with Crippen molar-refractivity contribution >= 4 is 5.97 Å². The van der Waals surface area contributed by atoms with Crippen molar-refractivity contribution < 1.29 is 9.53 Å². The number of ether oxygens (including phenoxy) is 1. The van der Waals surface area contributed by atoms with Gasteiger partial charge in [0.05, 0.1) is 0 Å². The van der Waals surface area contributed by atoms with Crippen LogP contribution in [0.25, 0.3) is 0 Å². The van der Waals surface area contributed by atoms with Gasteiger partial charge in [0.1, 0.15) is 11.1 Å². The van der Waals surface area contributed by atoms with Crippen LogP contribution in [0.1, 0.15) is 51.2 Å². The minimum absolute atomic E-state index is 0.154. The van der Waals surface area contributed by atoms with Gasteiger partial charge in [0.2, 0.25) is 0 Å². The van der Waals surface area contributed by atoms with Crippen LogP contribution in [-0.4, -0.2) is 18.1 Å². The molecule has 0 bridgehead atoms. The van der Waals surface area contributed by atoms with E-state index in [4.69, 9.17) is 4.74 Å². The summed E-state index contributed by atoms with van der Waals surface area (Å²) in [5.74, 6) is -0.154. The fraction of sp³-hybridized carbons (Fsp3) is 0.588. The molecule has 1 unspecified atom stereocenters. The third kappa shape index (κ3) is 3.04. The summed E-state index contributed by atoms with van der Waals surface area (Å²) >= 11 is 0. The Hall–Kier alpha value is -1.35. The Labute approximate surface area is 121 Å². The Morgan fingerprint density at radius 3 is 2.50 bits per heavy atom. The van der Waals surface area contributed by atoms with Gasteiger partial charge < -0.3 is 4.74 Å². The van der Waals surface area contributed by atoms with Crippen LogP contribution in [0.15, 0.2) is 24.3 Å². The van der Waals surface area contributed by atoms with Gasteiger partial charge in [-0.05, 0) is 64.6 Å². The molecule has 0 aliphatic carbocycles. The molecule has 1 fully saturated rings. The van der Waals surface area contributed by atoms with Crippen LogP contribution in [0, 0.1) is 6.92 Å². The maximum Gasteiger partial charge on any atom is 0.331 e. The lowest BCUT2D eigenvalue weighted by molar-refractivity contribution is -0.165. The normalized spacial score (nSPS) is 23.4. The lowest BCUT2D eigenvalue weighted by Gasteiger charge is -2.39. The van der Waals surface area contributed by atoms with Crippen LogP contribution in [0.3, 0.4) is 0 Å². The average Bonchev–Trinajstić information content (AvgIpc) is 2.38. The number of carbonyl (C=O) groups is 1. The molecule has 1 atom stereocenters. The molecule has 1 aromatic rings. The molecular weight excluding hydrogens is 250 g/mol. The number of aryl methyl sites for hydroxylation is 1. The van der Waals surface area contributed by atoms with E-state index >= 15 is 0 Å². The number of carbonyl (C=O) groups excluding carboxylic acids is 1. The third-order valence-corrected chi connectivity index (χ3v) is 3.76. The molecule has 1 heterocycles. The van der Waals surface area contributed by atoms with Crippen molar-refractivity contribution in [3.05, 3.63) is 35.4 Å². The standard InChI is InChI=1S/C17H25NO2/c1-13-9-5-6-10-14(13)17(11-7-8-12-18-17)15(19)20-16(2,3)4/h5-6,9-10,18H,7-8,11-12H2,1-4H3. The Bertz CT molecular complexity index is 482. The average molecular weight is 275 g/mol. The zero-order chi connectivity index (χ0) is 14.8. The molecule has 1 aliphatic rings. The molecule has 3 nitrogen and oxygen atoms in total. The molecule has 110 valence electrons. The summed E-state index contributed by atoms with van der Waals surface area (Å²) in [6, 6.07) is 8.09. The van der Waals surface area contributed by atoms with Crippen LogP contribution in [-0.2, 0) is 15.1 Å². The highest BCUT2D eigenvalue weighted by Crippen LogP contribution is 2.34. The molecular formula is C17H25NO2. The quantitative estimate of drug-likeness (QED) is 0.842. The van der Waals surface area contributed by atoms with Gasteiger partial charge in [-0.15, -0.1) is 0 Å². The van der Waals surface area contributed by atoms with E-state index in [2.05, 4.69) is 18.3 Å². The van der Waals surface area contributed by atoms with Crippen molar-refractivity contribution in [2.75, 3.05) is 6.54 Å². The molecule has 1 saturated heterocycles. The predicted octanol–water partition coefficient (Wildman–Crippen LogP) is 3.31. The molecule has 1 aromatic carbocycles. The van der Waals surface area contributed by atoms with Crippen molar-refractivity contribution in [3.8, 4) is 0 Å². The largest absolute Gasteiger partial charge is 0.458 e. The van der Waals surface area contributed by atoms with Gasteiger partial charge in [0, 0.05) is 0 Å². The predicted molar refractivity (Wildman–Crippen MR) is 80.6 cm³/mol. The first-order valence-corrected chi connectivity index (χ1v) is 7.40. The van der Waals surface area contributed by atoms with Crippen LogP contribution in [0.5, 0.6) is 0 Å². The summed E-state index contributed by atoms with van der Waals surface area (Å²) in [5, 5.41) is 3.44.